The van der Waals surface area contributed by atoms with Crippen LogP contribution >= 0.6 is 0 Å². The van der Waals surface area contributed by atoms with Crippen LogP contribution in [0.15, 0.2) is 18.2 Å². The van der Waals surface area contributed by atoms with Gasteiger partial charge in [0.2, 0.25) is 0 Å². The highest BCUT2D eigenvalue weighted by molar-refractivity contribution is 5.45. The Morgan fingerprint density at radius 1 is 1.24 bits per heavy atom. The SMILES string of the molecule is CN1CC(CN)CC1c1ccc2c(c1)OCC1(CC1)CO2. The third-order valence-electron chi connectivity index (χ3n) is 5.35. The maximum atomic E-state index is 6.05. The lowest BCUT2D eigenvalue weighted by molar-refractivity contribution is 0.197. The summed E-state index contributed by atoms with van der Waals surface area (Å²) in [6.07, 6.45) is 3.60. The molecule has 4 nitrogen and oxygen atoms in total. The van der Waals surface area contributed by atoms with Crippen LogP contribution in [0.1, 0.15) is 30.9 Å². The molecule has 0 amide bonds. The number of rotatable bonds is 2. The second kappa shape index (κ2) is 4.89. The van der Waals surface area contributed by atoms with E-state index in [0.29, 0.717) is 17.4 Å². The van der Waals surface area contributed by atoms with Gasteiger partial charge in [0.15, 0.2) is 11.5 Å². The van der Waals surface area contributed by atoms with E-state index in [0.717, 1.165) is 44.2 Å². The number of hydrogen-bond acceptors (Lipinski definition) is 4. The average molecular weight is 288 g/mol. The van der Waals surface area contributed by atoms with E-state index in [1.54, 1.807) is 0 Å². The van der Waals surface area contributed by atoms with E-state index < -0.39 is 0 Å². The van der Waals surface area contributed by atoms with Crippen molar-refractivity contribution >= 4 is 0 Å². The summed E-state index contributed by atoms with van der Waals surface area (Å²) >= 11 is 0. The molecule has 0 aromatic heterocycles. The maximum Gasteiger partial charge on any atom is 0.161 e. The summed E-state index contributed by atoms with van der Waals surface area (Å²) in [6.45, 7) is 3.46. The minimum Gasteiger partial charge on any atom is -0.489 e. The molecule has 1 saturated heterocycles. The maximum absolute atomic E-state index is 6.05. The molecule has 2 atom stereocenters. The van der Waals surface area contributed by atoms with Crippen molar-refractivity contribution in [2.75, 3.05) is 33.4 Å². The van der Waals surface area contributed by atoms with Gasteiger partial charge < -0.3 is 15.2 Å². The third-order valence-corrected chi connectivity index (χ3v) is 5.35. The zero-order valence-electron chi connectivity index (χ0n) is 12.7. The number of ether oxygens (including phenoxy) is 2. The van der Waals surface area contributed by atoms with Crippen LogP contribution in [0.5, 0.6) is 11.5 Å². The highest BCUT2D eigenvalue weighted by Crippen LogP contribution is 2.49. The zero-order valence-corrected chi connectivity index (χ0v) is 12.7. The molecule has 0 bridgehead atoms. The molecular formula is C17H24N2O2. The molecule has 3 aliphatic rings. The summed E-state index contributed by atoms with van der Waals surface area (Å²) in [6, 6.07) is 6.89. The minimum atomic E-state index is 0.300. The van der Waals surface area contributed by atoms with Crippen molar-refractivity contribution in [2.45, 2.75) is 25.3 Å². The van der Waals surface area contributed by atoms with Gasteiger partial charge in [0.05, 0.1) is 13.2 Å². The fourth-order valence-corrected chi connectivity index (χ4v) is 3.60. The van der Waals surface area contributed by atoms with E-state index in [2.05, 4.69) is 30.1 Å². The highest BCUT2D eigenvalue weighted by Gasteiger charge is 2.46. The number of nitrogens with zero attached hydrogens (tertiary/aromatic N) is 1. The summed E-state index contributed by atoms with van der Waals surface area (Å²) in [7, 11) is 2.18. The summed E-state index contributed by atoms with van der Waals surface area (Å²) in [5, 5.41) is 0. The van der Waals surface area contributed by atoms with E-state index in [-0.39, 0.29) is 0 Å². The molecule has 2 heterocycles. The molecule has 2 fully saturated rings. The molecule has 1 aromatic carbocycles. The second-order valence-corrected chi connectivity index (χ2v) is 7.08. The number of hydrogen-bond donors (Lipinski definition) is 1. The van der Waals surface area contributed by atoms with Crippen LogP contribution in [0.25, 0.3) is 0 Å². The molecular weight excluding hydrogens is 264 g/mol. The Morgan fingerprint density at radius 2 is 2.00 bits per heavy atom. The normalized spacial score (nSPS) is 30.4. The summed E-state index contributed by atoms with van der Waals surface area (Å²) in [5.74, 6) is 2.42. The number of nitrogens with two attached hydrogens (primary N) is 1. The van der Waals surface area contributed by atoms with Gasteiger partial charge in [-0.15, -0.1) is 0 Å². The molecule has 2 N–H and O–H groups in total. The topological polar surface area (TPSA) is 47.7 Å². The number of likely N-dealkylation sites (tertiary alicyclic amines) is 1. The van der Waals surface area contributed by atoms with Crippen molar-refractivity contribution in [1.82, 2.24) is 4.90 Å². The summed E-state index contributed by atoms with van der Waals surface area (Å²) < 4.78 is 12.0. The van der Waals surface area contributed by atoms with Gasteiger partial charge in [-0.05, 0) is 56.5 Å². The van der Waals surface area contributed by atoms with Crippen molar-refractivity contribution < 1.29 is 9.47 Å². The standard InChI is InChI=1S/C17H24N2O2/c1-19-9-12(8-18)6-14(19)13-2-3-15-16(7-13)21-11-17(4-5-17)10-20-15/h2-3,7,12,14H,4-6,8-11,18H2,1H3. The smallest absolute Gasteiger partial charge is 0.161 e. The van der Waals surface area contributed by atoms with Crippen LogP contribution in [0.4, 0.5) is 0 Å². The van der Waals surface area contributed by atoms with Gasteiger partial charge >= 0.3 is 0 Å². The summed E-state index contributed by atoms with van der Waals surface area (Å²) in [4.78, 5) is 2.40. The van der Waals surface area contributed by atoms with E-state index in [1.807, 2.05) is 0 Å². The van der Waals surface area contributed by atoms with Crippen LogP contribution in [0.2, 0.25) is 0 Å². The van der Waals surface area contributed by atoms with Gasteiger partial charge in [-0.25, -0.2) is 0 Å². The molecule has 114 valence electrons. The molecule has 1 aromatic rings. The fourth-order valence-electron chi connectivity index (χ4n) is 3.60. The molecule has 2 aliphatic heterocycles. The quantitative estimate of drug-likeness (QED) is 0.906. The Kier molecular flexibility index (Phi) is 3.12. The van der Waals surface area contributed by atoms with Gasteiger partial charge in [0, 0.05) is 18.0 Å². The van der Waals surface area contributed by atoms with E-state index in [1.165, 1.54) is 18.4 Å². The van der Waals surface area contributed by atoms with Gasteiger partial charge in [-0.1, -0.05) is 6.07 Å². The molecule has 4 heteroatoms. The molecule has 21 heavy (non-hydrogen) atoms. The zero-order chi connectivity index (χ0) is 14.4. The molecule has 0 radical (unpaired) electrons. The van der Waals surface area contributed by atoms with Gasteiger partial charge in [-0.2, -0.15) is 0 Å². The number of fused-ring (bicyclic) bond motifs is 1. The summed E-state index contributed by atoms with van der Waals surface area (Å²) in [5.41, 5.74) is 7.45. The van der Waals surface area contributed by atoms with Gasteiger partial charge in [0.1, 0.15) is 0 Å². The Labute approximate surface area is 126 Å². The molecule has 4 rings (SSSR count). The van der Waals surface area contributed by atoms with Crippen LogP contribution in [-0.2, 0) is 0 Å². The van der Waals surface area contributed by atoms with Crippen LogP contribution in [-0.4, -0.2) is 38.3 Å². The van der Waals surface area contributed by atoms with Crippen LogP contribution < -0.4 is 15.2 Å². The molecule has 2 unspecified atom stereocenters. The largest absolute Gasteiger partial charge is 0.489 e. The van der Waals surface area contributed by atoms with Crippen LogP contribution in [0.3, 0.4) is 0 Å². The van der Waals surface area contributed by atoms with Crippen molar-refractivity contribution in [2.24, 2.45) is 17.1 Å². The lowest BCUT2D eigenvalue weighted by Gasteiger charge is -2.20. The number of benzene rings is 1. The van der Waals surface area contributed by atoms with E-state index in [4.69, 9.17) is 15.2 Å². The van der Waals surface area contributed by atoms with Gasteiger partial charge in [-0.3, -0.25) is 4.90 Å². The fraction of sp³-hybridized carbons (Fsp3) is 0.647. The van der Waals surface area contributed by atoms with Crippen molar-refractivity contribution in [3.05, 3.63) is 23.8 Å². The molecule has 1 saturated carbocycles. The lowest BCUT2D eigenvalue weighted by atomic mass is 9.99. The van der Waals surface area contributed by atoms with E-state index >= 15 is 0 Å². The Bertz CT molecular complexity index is 542. The predicted molar refractivity (Wildman–Crippen MR) is 81.6 cm³/mol. The Balaban J connectivity index is 1.57. The average Bonchev–Trinajstić information content (AvgIpc) is 3.22. The highest BCUT2D eigenvalue weighted by atomic mass is 16.5. The third kappa shape index (κ3) is 2.40. The Morgan fingerprint density at radius 3 is 2.67 bits per heavy atom. The monoisotopic (exact) mass is 288 g/mol. The molecule has 1 aliphatic carbocycles. The second-order valence-electron chi connectivity index (χ2n) is 7.08. The first-order valence-electron chi connectivity index (χ1n) is 7.99. The predicted octanol–water partition coefficient (Wildman–Crippen LogP) is 2.19. The lowest BCUT2D eigenvalue weighted by Crippen LogP contribution is -2.20. The van der Waals surface area contributed by atoms with Crippen molar-refractivity contribution in [3.8, 4) is 11.5 Å². The first-order chi connectivity index (χ1) is 10.2. The first kappa shape index (κ1) is 13.4. The van der Waals surface area contributed by atoms with Crippen molar-refractivity contribution in [1.29, 1.82) is 0 Å². The van der Waals surface area contributed by atoms with Crippen molar-refractivity contribution in [3.63, 3.8) is 0 Å². The van der Waals surface area contributed by atoms with Crippen LogP contribution in [0, 0.1) is 11.3 Å². The molecule has 1 spiro atoms. The van der Waals surface area contributed by atoms with Gasteiger partial charge in [0.25, 0.3) is 0 Å². The van der Waals surface area contributed by atoms with E-state index in [9.17, 15) is 0 Å². The Hall–Kier alpha value is -1.26. The first-order valence-corrected chi connectivity index (χ1v) is 7.99. The minimum absolute atomic E-state index is 0.300.